The van der Waals surface area contributed by atoms with E-state index in [1.165, 1.54) is 17.4 Å². The van der Waals surface area contributed by atoms with Crippen LogP contribution < -0.4 is 16.0 Å². The summed E-state index contributed by atoms with van der Waals surface area (Å²) < 4.78 is 30.9. The summed E-state index contributed by atoms with van der Waals surface area (Å²) in [7, 11) is 0. The van der Waals surface area contributed by atoms with Gasteiger partial charge in [-0.25, -0.2) is 14.6 Å². The van der Waals surface area contributed by atoms with Crippen molar-refractivity contribution in [2.45, 2.75) is 6.61 Å². The topological polar surface area (TPSA) is 64.3 Å². The predicted molar refractivity (Wildman–Crippen MR) is 66.7 cm³/mol. The Morgan fingerprint density at radius 3 is 2.74 bits per heavy atom. The molecule has 0 aliphatic heterocycles. The van der Waals surface area contributed by atoms with Gasteiger partial charge >= 0.3 is 0 Å². The van der Waals surface area contributed by atoms with Gasteiger partial charge in [-0.05, 0) is 24.3 Å². The summed E-state index contributed by atoms with van der Waals surface area (Å²) in [6.45, 7) is 0.160. The van der Waals surface area contributed by atoms with E-state index in [1.807, 2.05) is 5.43 Å². The number of hydrogen-bond donors (Lipinski definition) is 2. The van der Waals surface area contributed by atoms with Crippen LogP contribution in [0.25, 0.3) is 0 Å². The molecule has 7 heteroatoms. The predicted octanol–water partition coefficient (Wildman–Crippen LogP) is 2.21. The third-order valence-electron chi connectivity index (χ3n) is 2.29. The van der Waals surface area contributed by atoms with Crippen LogP contribution in [-0.4, -0.2) is 5.91 Å². The van der Waals surface area contributed by atoms with E-state index in [2.05, 4.69) is 0 Å². The van der Waals surface area contributed by atoms with E-state index in [0.29, 0.717) is 4.88 Å². The van der Waals surface area contributed by atoms with Gasteiger partial charge in [0.25, 0.3) is 5.91 Å². The van der Waals surface area contributed by atoms with Crippen LogP contribution in [0.1, 0.15) is 14.5 Å². The van der Waals surface area contributed by atoms with Crippen LogP contribution >= 0.6 is 11.3 Å². The van der Waals surface area contributed by atoms with Gasteiger partial charge in [-0.2, -0.15) is 0 Å². The Bertz CT molecular complexity index is 601. The van der Waals surface area contributed by atoms with Gasteiger partial charge in [-0.3, -0.25) is 10.2 Å². The summed E-state index contributed by atoms with van der Waals surface area (Å²) in [6, 6.07) is 6.61. The summed E-state index contributed by atoms with van der Waals surface area (Å²) in [4.78, 5) is 12.4. The van der Waals surface area contributed by atoms with E-state index in [1.54, 1.807) is 12.1 Å². The highest BCUT2D eigenvalue weighted by molar-refractivity contribution is 7.14. The van der Waals surface area contributed by atoms with Gasteiger partial charge in [0, 0.05) is 10.9 Å². The van der Waals surface area contributed by atoms with E-state index in [-0.39, 0.29) is 18.3 Å². The number of ether oxygens (including phenoxy) is 1. The number of carbonyl (C=O) groups excluding carboxylic acids is 1. The molecule has 0 radical (unpaired) electrons. The lowest BCUT2D eigenvalue weighted by molar-refractivity contribution is 0.0957. The molecule has 0 saturated carbocycles. The molecule has 1 aromatic heterocycles. The molecule has 0 spiro atoms. The van der Waals surface area contributed by atoms with Crippen molar-refractivity contribution in [2.75, 3.05) is 0 Å². The average Bonchev–Trinajstić information content (AvgIpc) is 2.88. The van der Waals surface area contributed by atoms with Crippen LogP contribution in [-0.2, 0) is 6.61 Å². The van der Waals surface area contributed by atoms with Gasteiger partial charge in [-0.1, -0.05) is 0 Å². The molecule has 0 unspecified atom stereocenters. The van der Waals surface area contributed by atoms with Crippen molar-refractivity contribution in [1.82, 2.24) is 5.43 Å². The number of nitrogens with two attached hydrogens (primary N) is 1. The van der Waals surface area contributed by atoms with Gasteiger partial charge < -0.3 is 4.74 Å². The molecule has 1 amide bonds. The van der Waals surface area contributed by atoms with Gasteiger partial charge in [0.2, 0.25) is 0 Å². The molecule has 3 N–H and O–H groups in total. The van der Waals surface area contributed by atoms with Crippen molar-refractivity contribution < 1.29 is 18.3 Å². The van der Waals surface area contributed by atoms with Crippen LogP contribution in [0.5, 0.6) is 5.75 Å². The van der Waals surface area contributed by atoms with Crippen molar-refractivity contribution in [3.63, 3.8) is 0 Å². The summed E-state index contributed by atoms with van der Waals surface area (Å²) in [5.41, 5.74) is 2.02. The highest BCUT2D eigenvalue weighted by Gasteiger charge is 2.08. The minimum absolute atomic E-state index is 0.160. The molecule has 2 rings (SSSR count). The van der Waals surface area contributed by atoms with Crippen molar-refractivity contribution in [2.24, 2.45) is 5.84 Å². The van der Waals surface area contributed by atoms with Crippen molar-refractivity contribution in [3.8, 4) is 5.75 Å². The molecule has 0 aliphatic rings. The lowest BCUT2D eigenvalue weighted by atomic mass is 10.3. The molecule has 0 atom stereocenters. The lowest BCUT2D eigenvalue weighted by Crippen LogP contribution is -2.29. The number of hydrogen-bond acceptors (Lipinski definition) is 4. The fourth-order valence-electron chi connectivity index (χ4n) is 1.37. The molecule has 100 valence electrons. The number of nitrogens with one attached hydrogen (secondary N) is 1. The molecule has 4 nitrogen and oxygen atoms in total. The van der Waals surface area contributed by atoms with E-state index < -0.39 is 11.6 Å². The maximum Gasteiger partial charge on any atom is 0.275 e. The largest absolute Gasteiger partial charge is 0.488 e. The molecule has 1 aromatic carbocycles. The summed E-state index contributed by atoms with van der Waals surface area (Å²) in [5.74, 6) is 2.95. The number of rotatable bonds is 4. The zero-order valence-electron chi connectivity index (χ0n) is 9.65. The Morgan fingerprint density at radius 2 is 2.05 bits per heavy atom. The minimum atomic E-state index is -0.966. The highest BCUT2D eigenvalue weighted by atomic mass is 32.1. The Morgan fingerprint density at radius 1 is 1.26 bits per heavy atom. The molecule has 0 fully saturated rings. The molecular formula is C12H10F2N2O2S. The quantitative estimate of drug-likeness (QED) is 0.514. The molecule has 1 heterocycles. The van der Waals surface area contributed by atoms with Crippen LogP contribution in [0.4, 0.5) is 8.78 Å². The molecule has 0 saturated heterocycles. The van der Waals surface area contributed by atoms with Gasteiger partial charge in [0.05, 0.1) is 4.88 Å². The Balaban J connectivity index is 2.00. The maximum absolute atomic E-state index is 12.9. The number of carbonyl (C=O) groups is 1. The van der Waals surface area contributed by atoms with Gasteiger partial charge in [0.15, 0.2) is 11.6 Å². The van der Waals surface area contributed by atoms with Gasteiger partial charge in [-0.15, -0.1) is 11.3 Å². The van der Waals surface area contributed by atoms with Crippen LogP contribution in [0.3, 0.4) is 0 Å². The third-order valence-corrected chi connectivity index (χ3v) is 3.35. The summed E-state index contributed by atoms with van der Waals surface area (Å²) >= 11 is 1.21. The lowest BCUT2D eigenvalue weighted by Gasteiger charge is -2.04. The fourth-order valence-corrected chi connectivity index (χ4v) is 2.19. The molecule has 2 aromatic rings. The first-order chi connectivity index (χ1) is 9.10. The molecule has 0 bridgehead atoms. The van der Waals surface area contributed by atoms with Crippen LogP contribution in [0.15, 0.2) is 30.3 Å². The third kappa shape index (κ3) is 3.27. The Kier molecular flexibility index (Phi) is 4.08. The number of halogens is 2. The van der Waals surface area contributed by atoms with Crippen molar-refractivity contribution >= 4 is 17.2 Å². The second-order valence-electron chi connectivity index (χ2n) is 3.60. The van der Waals surface area contributed by atoms with E-state index in [0.717, 1.165) is 17.0 Å². The molecular weight excluding hydrogens is 274 g/mol. The summed E-state index contributed by atoms with van der Waals surface area (Å²) in [6.07, 6.45) is 0. The second-order valence-corrected chi connectivity index (χ2v) is 4.77. The second kappa shape index (κ2) is 5.77. The number of thiophene rings is 1. The minimum Gasteiger partial charge on any atom is -0.488 e. The van der Waals surface area contributed by atoms with Crippen LogP contribution in [0, 0.1) is 11.6 Å². The maximum atomic E-state index is 12.9. The van der Waals surface area contributed by atoms with Crippen molar-refractivity contribution in [3.05, 3.63) is 51.7 Å². The van der Waals surface area contributed by atoms with E-state index in [4.69, 9.17) is 10.6 Å². The number of benzene rings is 1. The number of amides is 1. The number of hydrazine groups is 1. The SMILES string of the molecule is NNC(=O)c1ccc(COc2ccc(F)c(F)c2)s1. The monoisotopic (exact) mass is 284 g/mol. The average molecular weight is 284 g/mol. The highest BCUT2D eigenvalue weighted by Crippen LogP contribution is 2.20. The van der Waals surface area contributed by atoms with Crippen LogP contribution in [0.2, 0.25) is 0 Å². The Labute approximate surface area is 111 Å². The Hall–Kier alpha value is -1.99. The molecule has 19 heavy (non-hydrogen) atoms. The first-order valence-electron chi connectivity index (χ1n) is 5.27. The van der Waals surface area contributed by atoms with E-state index >= 15 is 0 Å². The first kappa shape index (κ1) is 13.4. The van der Waals surface area contributed by atoms with E-state index in [9.17, 15) is 13.6 Å². The smallest absolute Gasteiger partial charge is 0.275 e. The van der Waals surface area contributed by atoms with Gasteiger partial charge in [0.1, 0.15) is 12.4 Å². The first-order valence-corrected chi connectivity index (χ1v) is 6.09. The normalized spacial score (nSPS) is 10.3. The molecule has 0 aliphatic carbocycles. The fraction of sp³-hybridized carbons (Fsp3) is 0.0833. The summed E-state index contributed by atoms with van der Waals surface area (Å²) in [5, 5.41) is 0. The van der Waals surface area contributed by atoms with Crippen molar-refractivity contribution in [1.29, 1.82) is 0 Å². The zero-order valence-corrected chi connectivity index (χ0v) is 10.5. The zero-order chi connectivity index (χ0) is 13.8. The number of nitrogen functional groups attached to an aromatic ring is 1. The standard InChI is InChI=1S/C12H10F2N2O2S/c13-9-3-1-7(5-10(9)14)18-6-8-2-4-11(19-8)12(17)16-15/h1-5H,6,15H2,(H,16,17).